The van der Waals surface area contributed by atoms with Gasteiger partial charge in [0.2, 0.25) is 16.0 Å². The number of halogens is 2. The molecule has 1 heterocycles. The second-order valence-electron chi connectivity index (χ2n) is 9.29. The number of guanidine groups is 1. The Balaban J connectivity index is 2.17. The van der Waals surface area contributed by atoms with Crippen molar-refractivity contribution in [1.82, 2.24) is 9.21 Å². The average molecular weight is 504 g/mol. The Labute approximate surface area is 198 Å². The van der Waals surface area contributed by atoms with Gasteiger partial charge in [0, 0.05) is 26.1 Å². The van der Waals surface area contributed by atoms with Crippen LogP contribution in [0.3, 0.4) is 0 Å². The van der Waals surface area contributed by atoms with Crippen LogP contribution in [0.1, 0.15) is 39.2 Å². The standard InChI is InChI=1S/C22H31F2N3O6S/c1-21(2,3)33-20(28)27(14-32-11-10-31-5)19-25-22(16-8-6-7-9-17(16)24)13-15(23)12-18(22)34(29,30)26(19)4/h6-9,15,18H,10-14H2,1-5H3. The molecule has 1 aromatic rings. The predicted molar refractivity (Wildman–Crippen MR) is 121 cm³/mol. The Morgan fingerprint density at radius 3 is 2.59 bits per heavy atom. The summed E-state index contributed by atoms with van der Waals surface area (Å²) in [4.78, 5) is 18.6. The SMILES string of the molecule is COCCOCN(C(=O)OC(C)(C)C)C1=NC2(c3ccccc3F)CC(F)CC2S(=O)(=O)N1C. The maximum absolute atomic E-state index is 14.9. The highest BCUT2D eigenvalue weighted by Gasteiger charge is 2.61. The first-order valence-electron chi connectivity index (χ1n) is 10.9. The smallest absolute Gasteiger partial charge is 0.419 e. The molecule has 0 N–H and O–H groups in total. The lowest BCUT2D eigenvalue weighted by Gasteiger charge is -2.42. The van der Waals surface area contributed by atoms with Crippen molar-refractivity contribution >= 4 is 22.1 Å². The maximum Gasteiger partial charge on any atom is 0.419 e. The molecule has 3 atom stereocenters. The zero-order chi connectivity index (χ0) is 25.3. The van der Waals surface area contributed by atoms with Crippen LogP contribution in [0.5, 0.6) is 0 Å². The van der Waals surface area contributed by atoms with Gasteiger partial charge in [-0.3, -0.25) is 0 Å². The zero-order valence-corrected chi connectivity index (χ0v) is 20.8. The van der Waals surface area contributed by atoms with E-state index in [0.29, 0.717) is 0 Å². The summed E-state index contributed by atoms with van der Waals surface area (Å²) in [6, 6.07) is 5.56. The molecule has 1 aromatic carbocycles. The van der Waals surface area contributed by atoms with Crippen LogP contribution in [0, 0.1) is 5.82 Å². The van der Waals surface area contributed by atoms with E-state index in [4.69, 9.17) is 14.2 Å². The van der Waals surface area contributed by atoms with Crippen molar-refractivity contribution in [3.8, 4) is 0 Å². The van der Waals surface area contributed by atoms with Crippen LogP contribution in [-0.4, -0.2) is 80.8 Å². The monoisotopic (exact) mass is 503 g/mol. The van der Waals surface area contributed by atoms with Gasteiger partial charge in [0.25, 0.3) is 0 Å². The fourth-order valence-corrected chi connectivity index (χ4v) is 6.18. The Bertz CT molecular complexity index is 1050. The number of carbonyl (C=O) groups excluding carboxylic acids is 1. The molecule has 0 aromatic heterocycles. The van der Waals surface area contributed by atoms with Crippen LogP contribution in [0.2, 0.25) is 0 Å². The average Bonchev–Trinajstić information content (AvgIpc) is 3.08. The Kier molecular flexibility index (Phi) is 7.54. The summed E-state index contributed by atoms with van der Waals surface area (Å²) < 4.78 is 73.5. The zero-order valence-electron chi connectivity index (χ0n) is 20.0. The molecule has 1 aliphatic heterocycles. The number of hydrogen-bond donors (Lipinski definition) is 0. The molecular weight excluding hydrogens is 472 g/mol. The summed E-state index contributed by atoms with van der Waals surface area (Å²) in [7, 11) is -1.54. The van der Waals surface area contributed by atoms with Crippen LogP contribution in [0.4, 0.5) is 13.6 Å². The minimum Gasteiger partial charge on any atom is -0.443 e. The van der Waals surface area contributed by atoms with Crippen LogP contribution < -0.4 is 0 Å². The number of methoxy groups -OCH3 is 1. The fourth-order valence-electron chi connectivity index (χ4n) is 4.21. The number of fused-ring (bicyclic) bond motifs is 1. The van der Waals surface area contributed by atoms with Crippen LogP contribution in [0.15, 0.2) is 29.3 Å². The van der Waals surface area contributed by atoms with Crippen molar-refractivity contribution in [3.63, 3.8) is 0 Å². The third kappa shape index (κ3) is 5.03. The van der Waals surface area contributed by atoms with Gasteiger partial charge in [-0.15, -0.1) is 0 Å². The molecule has 0 bridgehead atoms. The molecule has 3 unspecified atom stereocenters. The van der Waals surface area contributed by atoms with E-state index in [1.165, 1.54) is 38.4 Å². The molecule has 0 spiro atoms. The third-order valence-electron chi connectivity index (χ3n) is 5.71. The molecule has 1 amide bonds. The lowest BCUT2D eigenvalue weighted by atomic mass is 9.88. The van der Waals surface area contributed by atoms with Crippen molar-refractivity contribution in [2.75, 3.05) is 34.1 Å². The summed E-state index contributed by atoms with van der Waals surface area (Å²) in [6.45, 7) is 4.88. The molecule has 1 fully saturated rings. The van der Waals surface area contributed by atoms with Gasteiger partial charge < -0.3 is 14.2 Å². The number of aliphatic imine (C=N–C) groups is 1. The van der Waals surface area contributed by atoms with E-state index >= 15 is 0 Å². The minimum absolute atomic E-state index is 0.0428. The third-order valence-corrected chi connectivity index (χ3v) is 7.93. The maximum atomic E-state index is 14.9. The van der Waals surface area contributed by atoms with E-state index < -0.39 is 51.2 Å². The van der Waals surface area contributed by atoms with Crippen LogP contribution in [-0.2, 0) is 29.8 Å². The number of ether oxygens (including phenoxy) is 3. The van der Waals surface area contributed by atoms with Gasteiger partial charge in [0.15, 0.2) is 0 Å². The number of rotatable bonds is 6. The minimum atomic E-state index is -4.24. The topological polar surface area (TPSA) is 97.7 Å². The fraction of sp³-hybridized carbons (Fsp3) is 0.636. The number of sulfonamides is 1. The quantitative estimate of drug-likeness (QED) is 0.437. The molecule has 34 heavy (non-hydrogen) atoms. The van der Waals surface area contributed by atoms with Gasteiger partial charge in [-0.2, -0.15) is 0 Å². The molecule has 190 valence electrons. The van der Waals surface area contributed by atoms with Gasteiger partial charge >= 0.3 is 6.09 Å². The highest BCUT2D eigenvalue weighted by atomic mass is 32.2. The van der Waals surface area contributed by atoms with E-state index in [0.717, 1.165) is 9.21 Å². The van der Waals surface area contributed by atoms with E-state index in [1.807, 2.05) is 0 Å². The Morgan fingerprint density at radius 1 is 1.29 bits per heavy atom. The molecule has 12 heteroatoms. The lowest BCUT2D eigenvalue weighted by molar-refractivity contribution is -0.00422. The number of amides is 1. The molecular formula is C22H31F2N3O6S. The summed E-state index contributed by atoms with van der Waals surface area (Å²) in [5.41, 5.74) is -2.70. The van der Waals surface area contributed by atoms with Crippen LogP contribution >= 0.6 is 0 Å². The van der Waals surface area contributed by atoms with E-state index in [9.17, 15) is 22.0 Å². The molecule has 3 rings (SSSR count). The largest absolute Gasteiger partial charge is 0.443 e. The first-order chi connectivity index (χ1) is 15.8. The van der Waals surface area contributed by atoms with Crippen molar-refractivity contribution in [1.29, 1.82) is 0 Å². The second kappa shape index (κ2) is 9.74. The highest BCUT2D eigenvalue weighted by Crippen LogP contribution is 2.51. The first-order valence-corrected chi connectivity index (χ1v) is 12.4. The second-order valence-corrected chi connectivity index (χ2v) is 11.4. The van der Waals surface area contributed by atoms with Crippen molar-refractivity contribution < 1.29 is 36.2 Å². The number of nitrogens with zero attached hydrogens (tertiary/aromatic N) is 3. The highest BCUT2D eigenvalue weighted by molar-refractivity contribution is 7.90. The van der Waals surface area contributed by atoms with E-state index in [-0.39, 0.29) is 37.6 Å². The molecule has 2 aliphatic rings. The van der Waals surface area contributed by atoms with E-state index in [2.05, 4.69) is 4.99 Å². The number of carbonyl (C=O) groups is 1. The van der Waals surface area contributed by atoms with Crippen molar-refractivity contribution in [2.45, 2.75) is 56.2 Å². The molecule has 1 aliphatic carbocycles. The Morgan fingerprint density at radius 2 is 1.97 bits per heavy atom. The first kappa shape index (κ1) is 26.3. The van der Waals surface area contributed by atoms with E-state index in [1.54, 1.807) is 20.8 Å². The van der Waals surface area contributed by atoms with Crippen molar-refractivity contribution in [2.24, 2.45) is 4.99 Å². The summed E-state index contributed by atoms with van der Waals surface area (Å²) >= 11 is 0. The molecule has 9 nitrogen and oxygen atoms in total. The van der Waals surface area contributed by atoms with Crippen LogP contribution in [0.25, 0.3) is 0 Å². The lowest BCUT2D eigenvalue weighted by Crippen LogP contribution is -2.59. The molecule has 1 saturated carbocycles. The van der Waals surface area contributed by atoms with Gasteiger partial charge in [0.05, 0.1) is 13.2 Å². The van der Waals surface area contributed by atoms with Gasteiger partial charge in [-0.05, 0) is 33.3 Å². The summed E-state index contributed by atoms with van der Waals surface area (Å²) in [5, 5.41) is -1.34. The Hall–Kier alpha value is -2.31. The predicted octanol–water partition coefficient (Wildman–Crippen LogP) is 3.01. The van der Waals surface area contributed by atoms with Gasteiger partial charge in [0.1, 0.15) is 35.1 Å². The number of hydrogen-bond acceptors (Lipinski definition) is 7. The summed E-state index contributed by atoms with van der Waals surface area (Å²) in [5.74, 6) is -1.04. The molecule has 0 saturated heterocycles. The molecule has 0 radical (unpaired) electrons. The van der Waals surface area contributed by atoms with Gasteiger partial charge in [-0.25, -0.2) is 36.2 Å². The number of benzene rings is 1. The van der Waals surface area contributed by atoms with Crippen molar-refractivity contribution in [3.05, 3.63) is 35.6 Å². The van der Waals surface area contributed by atoms with Gasteiger partial charge in [-0.1, -0.05) is 18.2 Å². The normalized spacial score (nSPS) is 26.1. The number of alkyl halides is 1. The summed E-state index contributed by atoms with van der Waals surface area (Å²) in [6.07, 6.45) is -3.12.